The van der Waals surface area contributed by atoms with E-state index in [0.717, 1.165) is 19.5 Å². The molecule has 1 aromatic carbocycles. The SMILES string of the molecule is CC1CCCN(c2ncnc(NNC(=O)c3ccccc3)c2N)C1. The Balaban J connectivity index is 1.70. The zero-order valence-corrected chi connectivity index (χ0v) is 13.7. The smallest absolute Gasteiger partial charge is 0.269 e. The van der Waals surface area contributed by atoms with Crippen molar-refractivity contribution in [2.75, 3.05) is 29.1 Å². The minimum atomic E-state index is -0.248. The van der Waals surface area contributed by atoms with Crippen LogP contribution in [-0.4, -0.2) is 29.0 Å². The molecule has 1 atom stereocenters. The number of amides is 1. The van der Waals surface area contributed by atoms with Crippen LogP contribution in [0.2, 0.25) is 0 Å². The highest BCUT2D eigenvalue weighted by atomic mass is 16.2. The quantitative estimate of drug-likeness (QED) is 0.744. The fraction of sp³-hybridized carbons (Fsp3) is 0.353. The zero-order valence-electron chi connectivity index (χ0n) is 13.7. The molecular formula is C17H22N6O. The van der Waals surface area contributed by atoms with Crippen molar-refractivity contribution in [3.05, 3.63) is 42.2 Å². The molecule has 1 aliphatic heterocycles. The number of nitrogens with two attached hydrogens (primary N) is 1. The molecule has 0 bridgehead atoms. The molecular weight excluding hydrogens is 304 g/mol. The number of hydrogen-bond acceptors (Lipinski definition) is 6. The second-order valence-electron chi connectivity index (χ2n) is 6.10. The lowest BCUT2D eigenvalue weighted by Gasteiger charge is -2.32. The van der Waals surface area contributed by atoms with Gasteiger partial charge in [0.1, 0.15) is 12.0 Å². The Morgan fingerprint density at radius 3 is 2.83 bits per heavy atom. The van der Waals surface area contributed by atoms with Crippen LogP contribution in [0.4, 0.5) is 17.3 Å². The molecule has 1 saturated heterocycles. The molecule has 0 aliphatic carbocycles. The largest absolute Gasteiger partial charge is 0.393 e. The molecule has 24 heavy (non-hydrogen) atoms. The van der Waals surface area contributed by atoms with Crippen molar-refractivity contribution in [3.8, 4) is 0 Å². The third-order valence-electron chi connectivity index (χ3n) is 4.15. The number of nitrogen functional groups attached to an aromatic ring is 1. The molecule has 1 fully saturated rings. The number of piperidine rings is 1. The van der Waals surface area contributed by atoms with Gasteiger partial charge in [-0.3, -0.25) is 15.6 Å². The van der Waals surface area contributed by atoms with Crippen LogP contribution >= 0.6 is 0 Å². The third kappa shape index (κ3) is 3.56. The molecule has 7 nitrogen and oxygen atoms in total. The summed E-state index contributed by atoms with van der Waals surface area (Å²) in [5.74, 6) is 1.49. The van der Waals surface area contributed by atoms with Crippen LogP contribution in [0.25, 0.3) is 0 Å². The monoisotopic (exact) mass is 326 g/mol. The lowest BCUT2D eigenvalue weighted by Crippen LogP contribution is -2.36. The lowest BCUT2D eigenvalue weighted by atomic mass is 10.0. The van der Waals surface area contributed by atoms with Gasteiger partial charge >= 0.3 is 0 Å². The molecule has 2 heterocycles. The first kappa shape index (κ1) is 16.0. The van der Waals surface area contributed by atoms with E-state index in [9.17, 15) is 4.79 Å². The predicted molar refractivity (Wildman–Crippen MR) is 94.6 cm³/mol. The lowest BCUT2D eigenvalue weighted by molar-refractivity contribution is 0.0962. The first-order valence-electron chi connectivity index (χ1n) is 8.12. The standard InChI is InChI=1S/C17H22N6O/c1-12-6-5-9-23(10-12)16-14(18)15(19-11-20-16)21-22-17(24)13-7-3-2-4-8-13/h2-4,7-8,11-12H,5-6,9-10,18H2,1H3,(H,22,24)(H,19,20,21). The fourth-order valence-electron chi connectivity index (χ4n) is 2.90. The number of nitrogens with one attached hydrogen (secondary N) is 2. The van der Waals surface area contributed by atoms with Crippen molar-refractivity contribution >= 4 is 23.2 Å². The Bertz CT molecular complexity index is 705. The van der Waals surface area contributed by atoms with Gasteiger partial charge in [-0.05, 0) is 30.9 Å². The molecule has 0 saturated carbocycles. The van der Waals surface area contributed by atoms with E-state index < -0.39 is 0 Å². The molecule has 0 spiro atoms. The molecule has 1 unspecified atom stereocenters. The van der Waals surface area contributed by atoms with E-state index in [0.29, 0.717) is 28.8 Å². The van der Waals surface area contributed by atoms with Gasteiger partial charge in [0, 0.05) is 18.7 Å². The Morgan fingerprint density at radius 1 is 1.29 bits per heavy atom. The molecule has 4 N–H and O–H groups in total. The summed E-state index contributed by atoms with van der Waals surface area (Å²) in [4.78, 5) is 22.7. The summed E-state index contributed by atoms with van der Waals surface area (Å²) in [6.45, 7) is 4.08. The van der Waals surface area contributed by atoms with Crippen molar-refractivity contribution in [1.29, 1.82) is 0 Å². The van der Waals surface area contributed by atoms with Crippen molar-refractivity contribution in [2.24, 2.45) is 5.92 Å². The number of carbonyl (C=O) groups excluding carboxylic acids is 1. The number of carbonyl (C=O) groups is 1. The second-order valence-corrected chi connectivity index (χ2v) is 6.10. The minimum Gasteiger partial charge on any atom is -0.393 e. The number of hydrazine groups is 1. The number of rotatable bonds is 4. The van der Waals surface area contributed by atoms with Crippen LogP contribution in [0.5, 0.6) is 0 Å². The van der Waals surface area contributed by atoms with Crippen LogP contribution < -0.4 is 21.5 Å². The predicted octanol–water partition coefficient (Wildman–Crippen LogP) is 2.05. The van der Waals surface area contributed by atoms with E-state index in [1.807, 2.05) is 18.2 Å². The average molecular weight is 326 g/mol. The number of hydrogen-bond donors (Lipinski definition) is 3. The summed E-state index contributed by atoms with van der Waals surface area (Å²) in [6, 6.07) is 8.95. The summed E-state index contributed by atoms with van der Waals surface area (Å²) in [5.41, 5.74) is 12.6. The molecule has 7 heteroatoms. The Hall–Kier alpha value is -2.83. The minimum absolute atomic E-state index is 0.248. The van der Waals surface area contributed by atoms with E-state index in [-0.39, 0.29) is 5.91 Å². The fourth-order valence-corrected chi connectivity index (χ4v) is 2.90. The maximum absolute atomic E-state index is 12.1. The number of aromatic nitrogens is 2. The summed E-state index contributed by atoms with van der Waals surface area (Å²) in [6.07, 6.45) is 3.81. The van der Waals surface area contributed by atoms with Crippen LogP contribution in [0.3, 0.4) is 0 Å². The average Bonchev–Trinajstić information content (AvgIpc) is 2.61. The molecule has 1 amide bonds. The van der Waals surface area contributed by atoms with Gasteiger partial charge in [-0.15, -0.1) is 0 Å². The van der Waals surface area contributed by atoms with Gasteiger partial charge in [0.2, 0.25) is 0 Å². The summed E-state index contributed by atoms with van der Waals surface area (Å²) in [7, 11) is 0. The summed E-state index contributed by atoms with van der Waals surface area (Å²) >= 11 is 0. The molecule has 1 aliphatic rings. The molecule has 0 radical (unpaired) electrons. The first-order valence-corrected chi connectivity index (χ1v) is 8.12. The van der Waals surface area contributed by atoms with Crippen molar-refractivity contribution in [3.63, 3.8) is 0 Å². The Morgan fingerprint density at radius 2 is 2.08 bits per heavy atom. The van der Waals surface area contributed by atoms with E-state index in [1.54, 1.807) is 12.1 Å². The second kappa shape index (κ2) is 7.16. The van der Waals surface area contributed by atoms with Crippen LogP contribution in [-0.2, 0) is 0 Å². The van der Waals surface area contributed by atoms with Crippen LogP contribution in [0.1, 0.15) is 30.1 Å². The van der Waals surface area contributed by atoms with Gasteiger partial charge in [-0.1, -0.05) is 25.1 Å². The normalized spacial score (nSPS) is 17.4. The Labute approximate surface area is 141 Å². The van der Waals surface area contributed by atoms with Gasteiger partial charge in [-0.2, -0.15) is 0 Å². The van der Waals surface area contributed by atoms with Gasteiger partial charge < -0.3 is 10.6 Å². The zero-order chi connectivity index (χ0) is 16.9. The first-order chi connectivity index (χ1) is 11.6. The van der Waals surface area contributed by atoms with Crippen LogP contribution in [0, 0.1) is 5.92 Å². The molecule has 3 rings (SSSR count). The van der Waals surface area contributed by atoms with E-state index >= 15 is 0 Å². The van der Waals surface area contributed by atoms with E-state index in [4.69, 9.17) is 5.73 Å². The molecule has 2 aromatic rings. The van der Waals surface area contributed by atoms with Gasteiger partial charge in [-0.25, -0.2) is 9.97 Å². The van der Waals surface area contributed by atoms with Crippen LogP contribution in [0.15, 0.2) is 36.7 Å². The number of nitrogens with zero attached hydrogens (tertiary/aromatic N) is 3. The number of benzene rings is 1. The highest BCUT2D eigenvalue weighted by molar-refractivity contribution is 5.95. The van der Waals surface area contributed by atoms with E-state index in [2.05, 4.69) is 32.6 Å². The van der Waals surface area contributed by atoms with Gasteiger partial charge in [0.25, 0.3) is 5.91 Å². The van der Waals surface area contributed by atoms with Crippen molar-refractivity contribution in [1.82, 2.24) is 15.4 Å². The van der Waals surface area contributed by atoms with Gasteiger partial charge in [0.15, 0.2) is 11.6 Å². The molecule has 1 aromatic heterocycles. The topological polar surface area (TPSA) is 96.2 Å². The highest BCUT2D eigenvalue weighted by Crippen LogP contribution is 2.29. The maximum atomic E-state index is 12.1. The van der Waals surface area contributed by atoms with E-state index in [1.165, 1.54) is 12.7 Å². The summed E-state index contributed by atoms with van der Waals surface area (Å²) in [5, 5.41) is 0. The van der Waals surface area contributed by atoms with Crippen molar-refractivity contribution in [2.45, 2.75) is 19.8 Å². The third-order valence-corrected chi connectivity index (χ3v) is 4.15. The Kier molecular flexibility index (Phi) is 4.79. The number of anilines is 3. The molecule has 126 valence electrons. The summed E-state index contributed by atoms with van der Waals surface area (Å²) < 4.78 is 0. The maximum Gasteiger partial charge on any atom is 0.269 e. The van der Waals surface area contributed by atoms with Crippen molar-refractivity contribution < 1.29 is 4.79 Å². The van der Waals surface area contributed by atoms with Gasteiger partial charge in [0.05, 0.1) is 0 Å². The highest BCUT2D eigenvalue weighted by Gasteiger charge is 2.21.